The summed E-state index contributed by atoms with van der Waals surface area (Å²) in [6.07, 6.45) is -0.601. The van der Waals surface area contributed by atoms with Gasteiger partial charge in [-0.05, 0) is 61.9 Å². The van der Waals surface area contributed by atoms with E-state index in [0.29, 0.717) is 17.2 Å². The van der Waals surface area contributed by atoms with Crippen LogP contribution in [0, 0.1) is 6.92 Å². The first-order valence-electron chi connectivity index (χ1n) is 8.48. The minimum absolute atomic E-state index is 0.204. The number of carbonyl (C=O) groups is 1. The fourth-order valence-electron chi connectivity index (χ4n) is 2.41. The smallest absolute Gasteiger partial charge is 0.265 e. The molecule has 0 saturated heterocycles. The highest BCUT2D eigenvalue weighted by atomic mass is 16.5. The molecule has 0 bridgehead atoms. The van der Waals surface area contributed by atoms with Crippen molar-refractivity contribution in [2.24, 2.45) is 0 Å². The molecule has 0 aliphatic carbocycles. The molecule has 26 heavy (non-hydrogen) atoms. The van der Waals surface area contributed by atoms with Gasteiger partial charge in [0.2, 0.25) is 0 Å². The third-order valence-electron chi connectivity index (χ3n) is 3.87. The van der Waals surface area contributed by atoms with Crippen LogP contribution in [0.2, 0.25) is 0 Å². The number of carbonyl (C=O) groups excluding carboxylic acids is 1. The molecule has 3 aromatic rings. The summed E-state index contributed by atoms with van der Waals surface area (Å²) in [7, 11) is 0. The van der Waals surface area contributed by atoms with Crippen LogP contribution in [0.4, 0.5) is 5.69 Å². The normalized spacial score (nSPS) is 11.5. The van der Waals surface area contributed by atoms with Crippen LogP contribution in [0.3, 0.4) is 0 Å². The molecule has 4 heteroatoms. The van der Waals surface area contributed by atoms with Crippen LogP contribution in [-0.4, -0.2) is 12.0 Å². The number of amides is 1. The van der Waals surface area contributed by atoms with Gasteiger partial charge in [-0.2, -0.15) is 0 Å². The van der Waals surface area contributed by atoms with Crippen LogP contribution in [0.15, 0.2) is 78.9 Å². The Hall–Kier alpha value is -3.27. The Bertz CT molecular complexity index is 860. The highest BCUT2D eigenvalue weighted by molar-refractivity contribution is 5.94. The Balaban J connectivity index is 1.58. The molecule has 1 N–H and O–H groups in total. The SMILES string of the molecule is Cc1ccccc1OC(C)C(=O)Nc1ccc(Oc2ccccc2)cc1. The van der Waals surface area contributed by atoms with Crippen LogP contribution in [-0.2, 0) is 4.79 Å². The van der Waals surface area contributed by atoms with Crippen LogP contribution >= 0.6 is 0 Å². The highest BCUT2D eigenvalue weighted by Crippen LogP contribution is 2.23. The maximum absolute atomic E-state index is 12.3. The Kier molecular flexibility index (Phi) is 5.54. The average Bonchev–Trinajstić information content (AvgIpc) is 2.66. The predicted octanol–water partition coefficient (Wildman–Crippen LogP) is 5.19. The van der Waals surface area contributed by atoms with Crippen molar-refractivity contribution >= 4 is 11.6 Å². The number of anilines is 1. The fourth-order valence-corrected chi connectivity index (χ4v) is 2.41. The van der Waals surface area contributed by atoms with Crippen molar-refractivity contribution in [1.82, 2.24) is 0 Å². The van der Waals surface area contributed by atoms with Crippen molar-refractivity contribution in [3.63, 3.8) is 0 Å². The summed E-state index contributed by atoms with van der Waals surface area (Å²) in [5, 5.41) is 2.85. The van der Waals surface area contributed by atoms with E-state index in [9.17, 15) is 4.79 Å². The zero-order valence-corrected chi connectivity index (χ0v) is 14.8. The lowest BCUT2D eigenvalue weighted by molar-refractivity contribution is -0.122. The van der Waals surface area contributed by atoms with Crippen molar-refractivity contribution in [2.45, 2.75) is 20.0 Å². The van der Waals surface area contributed by atoms with Crippen LogP contribution in [0.1, 0.15) is 12.5 Å². The Morgan fingerprint density at radius 3 is 2.15 bits per heavy atom. The van der Waals surface area contributed by atoms with E-state index < -0.39 is 6.10 Å². The van der Waals surface area contributed by atoms with E-state index in [2.05, 4.69) is 5.32 Å². The molecule has 0 aliphatic rings. The van der Waals surface area contributed by atoms with Crippen LogP contribution in [0.5, 0.6) is 17.2 Å². The molecule has 3 rings (SSSR count). The van der Waals surface area contributed by atoms with E-state index in [0.717, 1.165) is 11.3 Å². The van der Waals surface area contributed by atoms with Gasteiger partial charge in [0.05, 0.1) is 0 Å². The van der Waals surface area contributed by atoms with Gasteiger partial charge in [-0.1, -0.05) is 36.4 Å². The van der Waals surface area contributed by atoms with Gasteiger partial charge in [-0.25, -0.2) is 0 Å². The van der Waals surface area contributed by atoms with Crippen molar-refractivity contribution in [2.75, 3.05) is 5.32 Å². The lowest BCUT2D eigenvalue weighted by Crippen LogP contribution is -2.30. The molecule has 3 aromatic carbocycles. The van der Waals surface area contributed by atoms with Gasteiger partial charge >= 0.3 is 0 Å². The number of benzene rings is 3. The predicted molar refractivity (Wildman–Crippen MR) is 103 cm³/mol. The minimum atomic E-state index is -0.601. The molecule has 0 radical (unpaired) electrons. The van der Waals surface area contributed by atoms with Gasteiger partial charge in [-0.3, -0.25) is 4.79 Å². The van der Waals surface area contributed by atoms with Crippen molar-refractivity contribution < 1.29 is 14.3 Å². The van der Waals surface area contributed by atoms with E-state index in [4.69, 9.17) is 9.47 Å². The summed E-state index contributed by atoms with van der Waals surface area (Å²) in [6, 6.07) is 24.4. The van der Waals surface area contributed by atoms with Gasteiger partial charge in [-0.15, -0.1) is 0 Å². The summed E-state index contributed by atoms with van der Waals surface area (Å²) in [4.78, 5) is 12.3. The van der Waals surface area contributed by atoms with Crippen LogP contribution in [0.25, 0.3) is 0 Å². The zero-order chi connectivity index (χ0) is 18.4. The summed E-state index contributed by atoms with van der Waals surface area (Å²) in [5.74, 6) is 1.98. The van der Waals surface area contributed by atoms with E-state index in [1.54, 1.807) is 19.1 Å². The Morgan fingerprint density at radius 2 is 1.46 bits per heavy atom. The van der Waals surface area contributed by atoms with E-state index in [1.807, 2.05) is 73.7 Å². The molecule has 1 unspecified atom stereocenters. The molecular weight excluding hydrogens is 326 g/mol. The molecule has 0 fully saturated rings. The zero-order valence-electron chi connectivity index (χ0n) is 14.8. The van der Waals surface area contributed by atoms with Gasteiger partial charge in [0.15, 0.2) is 6.10 Å². The van der Waals surface area contributed by atoms with Crippen molar-refractivity contribution in [1.29, 1.82) is 0 Å². The minimum Gasteiger partial charge on any atom is -0.481 e. The van der Waals surface area contributed by atoms with Crippen molar-refractivity contribution in [3.05, 3.63) is 84.4 Å². The molecule has 0 saturated carbocycles. The first kappa shape index (κ1) is 17.5. The molecule has 0 heterocycles. The third kappa shape index (κ3) is 4.63. The number of nitrogens with one attached hydrogen (secondary N) is 1. The second-order valence-electron chi connectivity index (χ2n) is 5.95. The van der Waals surface area contributed by atoms with Gasteiger partial charge in [0.1, 0.15) is 17.2 Å². The maximum Gasteiger partial charge on any atom is 0.265 e. The highest BCUT2D eigenvalue weighted by Gasteiger charge is 2.15. The first-order chi connectivity index (χ1) is 12.6. The molecule has 132 valence electrons. The molecular formula is C22H21NO3. The van der Waals surface area contributed by atoms with Gasteiger partial charge < -0.3 is 14.8 Å². The number of para-hydroxylation sites is 2. The lowest BCUT2D eigenvalue weighted by atomic mass is 10.2. The van der Waals surface area contributed by atoms with E-state index in [-0.39, 0.29) is 5.91 Å². The Morgan fingerprint density at radius 1 is 0.846 bits per heavy atom. The monoisotopic (exact) mass is 347 g/mol. The van der Waals surface area contributed by atoms with E-state index >= 15 is 0 Å². The quantitative estimate of drug-likeness (QED) is 0.667. The fraction of sp³-hybridized carbons (Fsp3) is 0.136. The third-order valence-corrected chi connectivity index (χ3v) is 3.87. The molecule has 1 atom stereocenters. The molecule has 0 spiro atoms. The Labute approximate surface area is 153 Å². The molecule has 0 aliphatic heterocycles. The molecule has 0 aromatic heterocycles. The number of aryl methyl sites for hydroxylation is 1. The summed E-state index contributed by atoms with van der Waals surface area (Å²) in [6.45, 7) is 3.68. The van der Waals surface area contributed by atoms with Gasteiger partial charge in [0.25, 0.3) is 5.91 Å². The topological polar surface area (TPSA) is 47.6 Å². The summed E-state index contributed by atoms with van der Waals surface area (Å²) in [5.41, 5.74) is 1.69. The first-order valence-corrected chi connectivity index (χ1v) is 8.48. The molecule has 4 nitrogen and oxygen atoms in total. The number of rotatable bonds is 6. The lowest BCUT2D eigenvalue weighted by Gasteiger charge is -2.16. The number of hydrogen-bond acceptors (Lipinski definition) is 3. The largest absolute Gasteiger partial charge is 0.481 e. The standard InChI is InChI=1S/C22H21NO3/c1-16-8-6-7-11-21(16)25-17(2)22(24)23-18-12-14-20(15-13-18)26-19-9-4-3-5-10-19/h3-15,17H,1-2H3,(H,23,24). The molecule has 1 amide bonds. The maximum atomic E-state index is 12.3. The summed E-state index contributed by atoms with van der Waals surface area (Å²) >= 11 is 0. The van der Waals surface area contributed by atoms with Gasteiger partial charge in [0, 0.05) is 5.69 Å². The average molecular weight is 347 g/mol. The van der Waals surface area contributed by atoms with Crippen molar-refractivity contribution in [3.8, 4) is 17.2 Å². The number of ether oxygens (including phenoxy) is 2. The van der Waals surface area contributed by atoms with Crippen LogP contribution < -0.4 is 14.8 Å². The summed E-state index contributed by atoms with van der Waals surface area (Å²) < 4.78 is 11.5. The second kappa shape index (κ2) is 8.21. The second-order valence-corrected chi connectivity index (χ2v) is 5.95. The number of hydrogen-bond donors (Lipinski definition) is 1. The van der Waals surface area contributed by atoms with E-state index in [1.165, 1.54) is 0 Å².